The molecule has 2 heterocycles. The number of rotatable bonds is 4. The molecule has 0 aliphatic rings. The molecule has 0 saturated heterocycles. The molecule has 192 valence electrons. The standard InChI is InChI=1S/C23H14Cl2F4N4O4/c1-32-17-13(26)6-7-14(31-20(35)15-8-12(24)18(34)19(25)30-15)16(17)21(36)33(22(32)37)9-10-4-2-3-5-11(10)23(27,28)29/h2-8,34H,9H2,1H3,(H,31,35). The lowest BCUT2D eigenvalue weighted by atomic mass is 10.1. The number of alkyl halides is 3. The Balaban J connectivity index is 1.89. The molecule has 0 fully saturated rings. The molecule has 2 N–H and O–H groups in total. The van der Waals surface area contributed by atoms with Gasteiger partial charge in [0, 0.05) is 7.05 Å². The fourth-order valence-electron chi connectivity index (χ4n) is 3.74. The molecule has 0 aliphatic heterocycles. The highest BCUT2D eigenvalue weighted by Gasteiger charge is 2.33. The van der Waals surface area contributed by atoms with Crippen molar-refractivity contribution in [3.63, 3.8) is 0 Å². The third kappa shape index (κ3) is 4.77. The van der Waals surface area contributed by atoms with Gasteiger partial charge in [-0.2, -0.15) is 13.2 Å². The Morgan fingerprint density at radius 1 is 1.14 bits per heavy atom. The van der Waals surface area contributed by atoms with Gasteiger partial charge in [-0.1, -0.05) is 41.4 Å². The molecule has 2 aromatic carbocycles. The topological polar surface area (TPSA) is 106 Å². The van der Waals surface area contributed by atoms with Crippen LogP contribution in [-0.4, -0.2) is 25.1 Å². The van der Waals surface area contributed by atoms with Crippen LogP contribution in [0.3, 0.4) is 0 Å². The highest BCUT2D eigenvalue weighted by Crippen LogP contribution is 2.33. The maximum atomic E-state index is 14.7. The van der Waals surface area contributed by atoms with E-state index in [1.54, 1.807) is 0 Å². The van der Waals surface area contributed by atoms with E-state index in [-0.39, 0.29) is 22.0 Å². The van der Waals surface area contributed by atoms with Crippen LogP contribution in [0.2, 0.25) is 10.2 Å². The number of anilines is 1. The molecule has 0 unspecified atom stereocenters. The fourth-order valence-corrected chi connectivity index (χ4v) is 4.17. The van der Waals surface area contributed by atoms with Crippen molar-refractivity contribution < 1.29 is 27.5 Å². The van der Waals surface area contributed by atoms with E-state index < -0.39 is 63.1 Å². The number of pyridine rings is 1. The van der Waals surface area contributed by atoms with Crippen LogP contribution in [0.15, 0.2) is 52.1 Å². The summed E-state index contributed by atoms with van der Waals surface area (Å²) < 4.78 is 56.4. The number of fused-ring (bicyclic) bond motifs is 1. The maximum absolute atomic E-state index is 14.7. The maximum Gasteiger partial charge on any atom is 0.416 e. The van der Waals surface area contributed by atoms with Gasteiger partial charge in [0.25, 0.3) is 11.5 Å². The van der Waals surface area contributed by atoms with Crippen LogP contribution < -0.4 is 16.6 Å². The zero-order chi connectivity index (χ0) is 27.2. The molecule has 8 nitrogen and oxygen atoms in total. The summed E-state index contributed by atoms with van der Waals surface area (Å²) in [5.74, 6) is -2.51. The van der Waals surface area contributed by atoms with Gasteiger partial charge in [-0.25, -0.2) is 14.2 Å². The number of aryl methyl sites for hydroxylation is 1. The third-order valence-corrected chi connectivity index (χ3v) is 6.03. The first-order valence-corrected chi connectivity index (χ1v) is 11.0. The lowest BCUT2D eigenvalue weighted by Crippen LogP contribution is -2.40. The van der Waals surface area contributed by atoms with Crippen LogP contribution in [-0.2, 0) is 19.8 Å². The summed E-state index contributed by atoms with van der Waals surface area (Å²) in [5.41, 5.74) is -4.74. The molecule has 0 bridgehead atoms. The van der Waals surface area contributed by atoms with E-state index in [1.807, 2.05) is 0 Å². The summed E-state index contributed by atoms with van der Waals surface area (Å²) in [7, 11) is 1.13. The van der Waals surface area contributed by atoms with Crippen molar-refractivity contribution in [1.29, 1.82) is 0 Å². The van der Waals surface area contributed by atoms with E-state index in [4.69, 9.17) is 23.2 Å². The highest BCUT2D eigenvalue weighted by atomic mass is 35.5. The largest absolute Gasteiger partial charge is 0.504 e. The first kappa shape index (κ1) is 26.2. The van der Waals surface area contributed by atoms with Gasteiger partial charge in [0.2, 0.25) is 0 Å². The summed E-state index contributed by atoms with van der Waals surface area (Å²) in [6, 6.07) is 7.31. The number of benzene rings is 2. The SMILES string of the molecule is Cn1c(=O)n(Cc2ccccc2C(F)(F)F)c(=O)c2c(NC(=O)c3cc(Cl)c(O)c(Cl)n3)ccc(F)c21. The van der Waals surface area contributed by atoms with Crippen molar-refractivity contribution in [2.45, 2.75) is 12.7 Å². The van der Waals surface area contributed by atoms with E-state index in [0.717, 1.165) is 48.0 Å². The second-order valence-corrected chi connectivity index (χ2v) is 8.55. The Hall–Kier alpha value is -3.90. The van der Waals surface area contributed by atoms with E-state index in [2.05, 4.69) is 10.3 Å². The van der Waals surface area contributed by atoms with E-state index in [9.17, 15) is 37.1 Å². The summed E-state index contributed by atoms with van der Waals surface area (Å²) in [5, 5.41) is 10.7. The Labute approximate surface area is 214 Å². The van der Waals surface area contributed by atoms with Gasteiger partial charge in [-0.05, 0) is 29.8 Å². The lowest BCUT2D eigenvalue weighted by molar-refractivity contribution is -0.138. The van der Waals surface area contributed by atoms with E-state index >= 15 is 0 Å². The number of halogens is 6. The molecule has 0 saturated carbocycles. The van der Waals surface area contributed by atoms with Gasteiger partial charge >= 0.3 is 11.9 Å². The molecule has 1 amide bonds. The predicted octanol–water partition coefficient (Wildman–Crippen LogP) is 4.57. The van der Waals surface area contributed by atoms with Crippen molar-refractivity contribution in [3.8, 4) is 5.75 Å². The number of hydrogen-bond donors (Lipinski definition) is 2. The third-order valence-electron chi connectivity index (χ3n) is 5.48. The summed E-state index contributed by atoms with van der Waals surface area (Å²) in [6.07, 6.45) is -4.76. The first-order valence-electron chi connectivity index (χ1n) is 10.2. The molecule has 0 spiro atoms. The number of hydrogen-bond acceptors (Lipinski definition) is 5. The number of amides is 1. The van der Waals surface area contributed by atoms with E-state index in [1.165, 1.54) is 6.07 Å². The minimum absolute atomic E-state index is 0.262. The van der Waals surface area contributed by atoms with Gasteiger partial charge in [0.15, 0.2) is 10.9 Å². The molecule has 0 radical (unpaired) electrons. The van der Waals surface area contributed by atoms with Gasteiger partial charge in [0.05, 0.1) is 33.7 Å². The van der Waals surface area contributed by atoms with Crippen molar-refractivity contribution >= 4 is 45.7 Å². The molecule has 2 aromatic heterocycles. The molecule has 0 atom stereocenters. The molecular formula is C23H14Cl2F4N4O4. The van der Waals surface area contributed by atoms with Crippen LogP contribution in [0, 0.1) is 5.82 Å². The number of nitrogens with one attached hydrogen (secondary N) is 1. The van der Waals surface area contributed by atoms with Crippen LogP contribution in [0.5, 0.6) is 5.75 Å². The van der Waals surface area contributed by atoms with Crippen LogP contribution >= 0.6 is 23.2 Å². The van der Waals surface area contributed by atoms with Crippen molar-refractivity contribution in [2.75, 3.05) is 5.32 Å². The summed E-state index contributed by atoms with van der Waals surface area (Å²) >= 11 is 11.6. The molecule has 14 heteroatoms. The summed E-state index contributed by atoms with van der Waals surface area (Å²) in [4.78, 5) is 42.8. The Morgan fingerprint density at radius 3 is 2.46 bits per heavy atom. The zero-order valence-electron chi connectivity index (χ0n) is 18.5. The Kier molecular flexibility index (Phi) is 6.74. The number of nitrogens with zero attached hydrogens (tertiary/aromatic N) is 3. The van der Waals surface area contributed by atoms with E-state index in [0.29, 0.717) is 4.57 Å². The predicted molar refractivity (Wildman–Crippen MR) is 128 cm³/mol. The molecular weight excluding hydrogens is 543 g/mol. The lowest BCUT2D eigenvalue weighted by Gasteiger charge is -2.17. The smallest absolute Gasteiger partial charge is 0.416 e. The van der Waals surface area contributed by atoms with Crippen LogP contribution in [0.4, 0.5) is 23.2 Å². The quantitative estimate of drug-likeness (QED) is 0.283. The van der Waals surface area contributed by atoms with Gasteiger partial charge in [-0.3, -0.25) is 18.7 Å². The van der Waals surface area contributed by atoms with Crippen LogP contribution in [0.1, 0.15) is 21.6 Å². The minimum atomic E-state index is -4.76. The molecule has 4 aromatic rings. The summed E-state index contributed by atoms with van der Waals surface area (Å²) in [6.45, 7) is -0.772. The molecule has 0 aliphatic carbocycles. The number of carbonyl (C=O) groups excluding carboxylic acids is 1. The highest BCUT2D eigenvalue weighted by molar-refractivity contribution is 6.36. The average molecular weight is 557 g/mol. The number of aromatic hydroxyl groups is 1. The van der Waals surface area contributed by atoms with Gasteiger partial charge in [-0.15, -0.1) is 0 Å². The minimum Gasteiger partial charge on any atom is -0.504 e. The van der Waals surface area contributed by atoms with Crippen LogP contribution in [0.25, 0.3) is 10.9 Å². The first-order chi connectivity index (χ1) is 17.3. The normalized spacial score (nSPS) is 11.6. The Morgan fingerprint density at radius 2 is 1.81 bits per heavy atom. The molecule has 4 rings (SSSR count). The number of aromatic nitrogens is 3. The zero-order valence-corrected chi connectivity index (χ0v) is 20.0. The average Bonchev–Trinajstić information content (AvgIpc) is 2.84. The van der Waals surface area contributed by atoms with Crippen molar-refractivity contribution in [2.24, 2.45) is 7.05 Å². The van der Waals surface area contributed by atoms with Crippen molar-refractivity contribution in [3.05, 3.63) is 96.1 Å². The second kappa shape index (κ2) is 9.52. The van der Waals surface area contributed by atoms with Gasteiger partial charge < -0.3 is 10.4 Å². The molecule has 37 heavy (non-hydrogen) atoms. The monoisotopic (exact) mass is 556 g/mol. The fraction of sp³-hybridized carbons (Fsp3) is 0.130. The van der Waals surface area contributed by atoms with Gasteiger partial charge in [0.1, 0.15) is 11.5 Å². The number of carbonyl (C=O) groups is 1. The Bertz CT molecular complexity index is 1680. The van der Waals surface area contributed by atoms with Crippen molar-refractivity contribution in [1.82, 2.24) is 14.1 Å². The second-order valence-electron chi connectivity index (χ2n) is 7.79.